The molecule has 0 bridgehead atoms. The minimum absolute atomic E-state index is 0.0318. The number of ketones is 1. The van der Waals surface area contributed by atoms with E-state index < -0.39 is 0 Å². The van der Waals surface area contributed by atoms with Gasteiger partial charge in [0.2, 0.25) is 0 Å². The summed E-state index contributed by atoms with van der Waals surface area (Å²) in [7, 11) is 1.80. The highest BCUT2D eigenvalue weighted by atomic mass is 16.2. The molecule has 2 rings (SSSR count). The smallest absolute Gasteiger partial charge is 0.324 e. The predicted molar refractivity (Wildman–Crippen MR) is 66.2 cm³/mol. The van der Waals surface area contributed by atoms with E-state index in [0.717, 1.165) is 24.3 Å². The summed E-state index contributed by atoms with van der Waals surface area (Å²) >= 11 is 0. The van der Waals surface area contributed by atoms with Crippen molar-refractivity contribution in [2.75, 3.05) is 25.0 Å². The standard InChI is InChI=1S/C13H16N2O2/c1-10(16)9-11-3-5-12(6-4-11)15-8-7-14(2)13(15)17/h3-6H,7-9H2,1-2H3. The molecule has 1 saturated heterocycles. The number of amides is 2. The van der Waals surface area contributed by atoms with Crippen LogP contribution in [0.1, 0.15) is 12.5 Å². The van der Waals surface area contributed by atoms with Gasteiger partial charge < -0.3 is 4.90 Å². The molecule has 0 spiro atoms. The first-order chi connectivity index (χ1) is 8.08. The van der Waals surface area contributed by atoms with Gasteiger partial charge in [-0.3, -0.25) is 9.69 Å². The summed E-state index contributed by atoms with van der Waals surface area (Å²) in [6.45, 7) is 3.06. The van der Waals surface area contributed by atoms with Crippen molar-refractivity contribution in [2.24, 2.45) is 0 Å². The van der Waals surface area contributed by atoms with Crippen LogP contribution in [0.25, 0.3) is 0 Å². The first kappa shape index (κ1) is 11.6. The molecule has 4 nitrogen and oxygen atoms in total. The van der Waals surface area contributed by atoms with Crippen LogP contribution in [0.3, 0.4) is 0 Å². The predicted octanol–water partition coefficient (Wildman–Crippen LogP) is 1.69. The van der Waals surface area contributed by atoms with Crippen LogP contribution in [0.5, 0.6) is 0 Å². The molecular weight excluding hydrogens is 216 g/mol. The van der Waals surface area contributed by atoms with Gasteiger partial charge in [0.25, 0.3) is 0 Å². The van der Waals surface area contributed by atoms with E-state index in [1.807, 2.05) is 24.3 Å². The Morgan fingerprint density at radius 1 is 1.24 bits per heavy atom. The van der Waals surface area contributed by atoms with Crippen molar-refractivity contribution in [3.05, 3.63) is 29.8 Å². The minimum atomic E-state index is 0.0318. The Hall–Kier alpha value is -1.84. The Kier molecular flexibility index (Phi) is 3.13. The molecule has 0 unspecified atom stereocenters. The van der Waals surface area contributed by atoms with E-state index in [1.54, 1.807) is 23.8 Å². The molecule has 2 amide bonds. The number of urea groups is 1. The number of hydrogen-bond donors (Lipinski definition) is 0. The second-order valence-corrected chi connectivity index (χ2v) is 4.40. The molecule has 0 radical (unpaired) electrons. The molecule has 4 heteroatoms. The van der Waals surface area contributed by atoms with Crippen LogP contribution in [0.15, 0.2) is 24.3 Å². The molecule has 1 aliphatic rings. The summed E-state index contributed by atoms with van der Waals surface area (Å²) in [5.41, 5.74) is 1.88. The van der Waals surface area contributed by atoms with Crippen LogP contribution >= 0.6 is 0 Å². The van der Waals surface area contributed by atoms with Crippen molar-refractivity contribution >= 4 is 17.5 Å². The van der Waals surface area contributed by atoms with Gasteiger partial charge in [-0.1, -0.05) is 12.1 Å². The van der Waals surface area contributed by atoms with Crippen LogP contribution in [-0.2, 0) is 11.2 Å². The van der Waals surface area contributed by atoms with E-state index in [2.05, 4.69) is 0 Å². The van der Waals surface area contributed by atoms with Gasteiger partial charge >= 0.3 is 6.03 Å². The van der Waals surface area contributed by atoms with Crippen LogP contribution in [0, 0.1) is 0 Å². The lowest BCUT2D eigenvalue weighted by Gasteiger charge is -2.16. The second-order valence-electron chi connectivity index (χ2n) is 4.40. The molecule has 1 heterocycles. The van der Waals surface area contributed by atoms with E-state index in [4.69, 9.17) is 0 Å². The summed E-state index contributed by atoms with van der Waals surface area (Å²) in [6, 6.07) is 7.64. The SMILES string of the molecule is CC(=O)Cc1ccc(N2CCN(C)C2=O)cc1. The van der Waals surface area contributed by atoms with Crippen molar-refractivity contribution in [2.45, 2.75) is 13.3 Å². The highest BCUT2D eigenvalue weighted by Crippen LogP contribution is 2.20. The zero-order valence-corrected chi connectivity index (χ0v) is 10.1. The van der Waals surface area contributed by atoms with Crippen molar-refractivity contribution in [1.82, 2.24) is 4.90 Å². The number of anilines is 1. The Labute approximate surface area is 101 Å². The van der Waals surface area contributed by atoms with Crippen LogP contribution in [0.2, 0.25) is 0 Å². The maximum atomic E-state index is 11.8. The summed E-state index contributed by atoms with van der Waals surface area (Å²) in [5, 5.41) is 0. The molecule has 0 atom stereocenters. The fraction of sp³-hybridized carbons (Fsp3) is 0.385. The van der Waals surface area contributed by atoms with Crippen molar-refractivity contribution in [3.8, 4) is 0 Å². The third-order valence-corrected chi connectivity index (χ3v) is 2.92. The number of benzene rings is 1. The fourth-order valence-corrected chi connectivity index (χ4v) is 1.97. The third kappa shape index (κ3) is 2.46. The van der Waals surface area contributed by atoms with Crippen molar-refractivity contribution < 1.29 is 9.59 Å². The topological polar surface area (TPSA) is 40.6 Å². The maximum Gasteiger partial charge on any atom is 0.324 e. The number of nitrogens with zero attached hydrogens (tertiary/aromatic N) is 2. The zero-order chi connectivity index (χ0) is 12.4. The van der Waals surface area contributed by atoms with Gasteiger partial charge in [-0.05, 0) is 24.6 Å². The molecular formula is C13H16N2O2. The van der Waals surface area contributed by atoms with Gasteiger partial charge in [0.15, 0.2) is 0 Å². The van der Waals surface area contributed by atoms with Gasteiger partial charge in [0, 0.05) is 32.2 Å². The van der Waals surface area contributed by atoms with Crippen LogP contribution < -0.4 is 4.90 Å². The fourth-order valence-electron chi connectivity index (χ4n) is 1.97. The highest BCUT2D eigenvalue weighted by Gasteiger charge is 2.26. The first-order valence-corrected chi connectivity index (χ1v) is 5.69. The Bertz CT molecular complexity index is 439. The largest absolute Gasteiger partial charge is 0.326 e. The summed E-state index contributed by atoms with van der Waals surface area (Å²) in [5.74, 6) is 0.148. The maximum absolute atomic E-state index is 11.8. The van der Waals surface area contributed by atoms with E-state index in [0.29, 0.717) is 6.42 Å². The highest BCUT2D eigenvalue weighted by molar-refractivity contribution is 5.94. The number of hydrogen-bond acceptors (Lipinski definition) is 2. The lowest BCUT2D eigenvalue weighted by atomic mass is 10.1. The summed E-state index contributed by atoms with van der Waals surface area (Å²) < 4.78 is 0. The van der Waals surface area contributed by atoms with Gasteiger partial charge in [0.1, 0.15) is 5.78 Å². The van der Waals surface area contributed by atoms with Gasteiger partial charge in [-0.15, -0.1) is 0 Å². The molecule has 1 aliphatic heterocycles. The number of Topliss-reactive ketones (excluding diaryl/α,β-unsaturated/α-hetero) is 1. The van der Waals surface area contributed by atoms with Crippen LogP contribution in [0.4, 0.5) is 10.5 Å². The molecule has 0 saturated carbocycles. The number of rotatable bonds is 3. The molecule has 1 aromatic rings. The molecule has 1 aromatic carbocycles. The third-order valence-electron chi connectivity index (χ3n) is 2.92. The molecule has 1 fully saturated rings. The van der Waals surface area contributed by atoms with E-state index in [1.165, 1.54) is 0 Å². The van der Waals surface area contributed by atoms with Gasteiger partial charge in [-0.25, -0.2) is 4.79 Å². The monoisotopic (exact) mass is 232 g/mol. The van der Waals surface area contributed by atoms with Crippen molar-refractivity contribution in [3.63, 3.8) is 0 Å². The Morgan fingerprint density at radius 3 is 2.35 bits per heavy atom. The lowest BCUT2D eigenvalue weighted by molar-refractivity contribution is -0.116. The lowest BCUT2D eigenvalue weighted by Crippen LogP contribution is -2.29. The number of likely N-dealkylation sites (N-methyl/N-ethyl adjacent to an activating group) is 1. The Morgan fingerprint density at radius 2 is 1.88 bits per heavy atom. The molecule has 17 heavy (non-hydrogen) atoms. The normalized spacial score (nSPS) is 15.5. The van der Waals surface area contributed by atoms with Crippen molar-refractivity contribution in [1.29, 1.82) is 0 Å². The average molecular weight is 232 g/mol. The van der Waals surface area contributed by atoms with Crippen LogP contribution in [-0.4, -0.2) is 36.9 Å². The molecule has 0 aromatic heterocycles. The summed E-state index contributed by atoms with van der Waals surface area (Å²) in [6.07, 6.45) is 0.453. The van der Waals surface area contributed by atoms with Gasteiger partial charge in [0.05, 0.1) is 0 Å². The summed E-state index contributed by atoms with van der Waals surface area (Å²) in [4.78, 5) is 26.2. The Balaban J connectivity index is 2.13. The second kappa shape index (κ2) is 4.57. The van der Waals surface area contributed by atoms with E-state index in [9.17, 15) is 9.59 Å². The number of carbonyl (C=O) groups is 2. The molecule has 90 valence electrons. The molecule has 0 aliphatic carbocycles. The van der Waals surface area contributed by atoms with E-state index >= 15 is 0 Å². The average Bonchev–Trinajstić information content (AvgIpc) is 2.60. The minimum Gasteiger partial charge on any atom is -0.326 e. The quantitative estimate of drug-likeness (QED) is 0.795. The zero-order valence-electron chi connectivity index (χ0n) is 10.1. The van der Waals surface area contributed by atoms with Gasteiger partial charge in [-0.2, -0.15) is 0 Å². The first-order valence-electron chi connectivity index (χ1n) is 5.69. The molecule has 0 N–H and O–H groups in total. The van der Waals surface area contributed by atoms with E-state index in [-0.39, 0.29) is 11.8 Å². The number of carbonyl (C=O) groups excluding carboxylic acids is 2.